The fourth-order valence-electron chi connectivity index (χ4n) is 1.10. The number of carboxylic acid groups (broad SMARTS) is 1. The molecule has 0 radical (unpaired) electrons. The molecule has 0 saturated carbocycles. The van der Waals surface area contributed by atoms with Crippen LogP contribution in [-0.4, -0.2) is 23.7 Å². The number of carboxylic acids is 1. The van der Waals surface area contributed by atoms with Crippen molar-refractivity contribution in [1.29, 1.82) is 0 Å². The van der Waals surface area contributed by atoms with Crippen LogP contribution in [0, 0.1) is 11.8 Å². The Hall–Kier alpha value is -0.827. The molecule has 0 amide bonds. The number of rotatable bonds is 2. The van der Waals surface area contributed by atoms with E-state index in [1.165, 1.54) is 0 Å². The SMILES string of the molecule is CC(C)(C)C(=O)O.CCOC(=O)C1=CCCC[CH-]1.[Zn]. The monoisotopic (exact) mass is 319 g/mol. The Bertz CT molecular complexity index is 316. The van der Waals surface area contributed by atoms with Crippen LogP contribution in [-0.2, 0) is 33.8 Å². The largest absolute Gasteiger partial charge is 0.520 e. The maximum atomic E-state index is 11.1. The number of esters is 1. The molecule has 106 valence electrons. The van der Waals surface area contributed by atoms with Gasteiger partial charge in [-0.15, -0.1) is 5.57 Å². The van der Waals surface area contributed by atoms with Crippen molar-refractivity contribution in [3.63, 3.8) is 0 Å². The summed E-state index contributed by atoms with van der Waals surface area (Å²) in [5, 5.41) is 8.25. The number of hydrogen-bond acceptors (Lipinski definition) is 3. The van der Waals surface area contributed by atoms with E-state index in [0.717, 1.165) is 24.8 Å². The molecule has 0 atom stereocenters. The van der Waals surface area contributed by atoms with E-state index in [0.29, 0.717) is 6.61 Å². The molecule has 1 N–H and O–H groups in total. The first-order chi connectivity index (χ1) is 8.29. The van der Waals surface area contributed by atoms with Crippen LogP contribution < -0.4 is 0 Å². The molecule has 1 rings (SSSR count). The summed E-state index contributed by atoms with van der Waals surface area (Å²) in [6.07, 6.45) is 7.06. The molecule has 0 spiro atoms. The van der Waals surface area contributed by atoms with Gasteiger partial charge in [0.1, 0.15) is 0 Å². The molecule has 0 fully saturated rings. The molecule has 1 aliphatic rings. The van der Waals surface area contributed by atoms with Crippen molar-refractivity contribution in [2.75, 3.05) is 6.61 Å². The van der Waals surface area contributed by atoms with Gasteiger partial charge in [0.2, 0.25) is 5.97 Å². The van der Waals surface area contributed by atoms with E-state index < -0.39 is 11.4 Å². The number of allylic oxidation sites excluding steroid dienone is 1. The van der Waals surface area contributed by atoms with Gasteiger partial charge in [0.15, 0.2) is 0 Å². The van der Waals surface area contributed by atoms with Gasteiger partial charge in [-0.25, -0.2) is 0 Å². The predicted octanol–water partition coefficient (Wildman–Crippen LogP) is 2.98. The standard InChI is InChI=1S/C9H13O2.C5H10O2.Zn/c1-2-11-9(10)8-6-4-3-5-7-8;1-5(2,3)4(6)7;/h6-7H,2-5H2,1H3;1-3H3,(H,6,7);/q-1;;. The zero-order chi connectivity index (χ0) is 14.2. The van der Waals surface area contributed by atoms with Crippen LogP contribution in [0.15, 0.2) is 11.6 Å². The van der Waals surface area contributed by atoms with Crippen molar-refractivity contribution in [2.24, 2.45) is 5.41 Å². The van der Waals surface area contributed by atoms with Crippen LogP contribution in [0.5, 0.6) is 0 Å². The fourth-order valence-corrected chi connectivity index (χ4v) is 1.10. The van der Waals surface area contributed by atoms with Crippen molar-refractivity contribution >= 4 is 11.9 Å². The first-order valence-electron chi connectivity index (χ1n) is 6.23. The molecule has 0 heterocycles. The maximum Gasteiger partial charge on any atom is 0.308 e. The Kier molecular flexibility index (Phi) is 10.8. The molecule has 0 aliphatic heterocycles. The summed E-state index contributed by atoms with van der Waals surface area (Å²) in [4.78, 5) is 21.1. The second-order valence-electron chi connectivity index (χ2n) is 5.07. The minimum absolute atomic E-state index is 0. The molecule has 0 unspecified atom stereocenters. The van der Waals surface area contributed by atoms with Crippen molar-refractivity contribution in [1.82, 2.24) is 0 Å². The van der Waals surface area contributed by atoms with E-state index in [2.05, 4.69) is 0 Å². The van der Waals surface area contributed by atoms with Crippen LogP contribution >= 0.6 is 0 Å². The number of carbonyl (C=O) groups excluding carboxylic acids is 1. The van der Waals surface area contributed by atoms with Crippen LogP contribution in [0.2, 0.25) is 0 Å². The fraction of sp³-hybridized carbons (Fsp3) is 0.643. The van der Waals surface area contributed by atoms with Crippen LogP contribution in [0.4, 0.5) is 0 Å². The van der Waals surface area contributed by atoms with E-state index in [4.69, 9.17) is 9.84 Å². The van der Waals surface area contributed by atoms with Gasteiger partial charge >= 0.3 is 5.97 Å². The Morgan fingerprint density at radius 3 is 2.26 bits per heavy atom. The van der Waals surface area contributed by atoms with Gasteiger partial charge < -0.3 is 14.6 Å². The molecule has 0 aromatic heterocycles. The van der Waals surface area contributed by atoms with Gasteiger partial charge in [-0.1, -0.05) is 19.3 Å². The Morgan fingerprint density at radius 1 is 1.42 bits per heavy atom. The summed E-state index contributed by atoms with van der Waals surface area (Å²) in [5.41, 5.74) is 0.165. The molecule has 0 aromatic rings. The normalized spacial score (nSPS) is 13.8. The van der Waals surface area contributed by atoms with Crippen molar-refractivity contribution < 1.29 is 38.9 Å². The van der Waals surface area contributed by atoms with Crippen molar-refractivity contribution in [3.05, 3.63) is 18.1 Å². The number of aliphatic carboxylic acids is 1. The first kappa shape index (κ1) is 20.5. The predicted molar refractivity (Wildman–Crippen MR) is 70.0 cm³/mol. The molecule has 5 heteroatoms. The summed E-state index contributed by atoms with van der Waals surface area (Å²) in [6, 6.07) is 0. The van der Waals surface area contributed by atoms with Gasteiger partial charge in [-0.05, 0) is 27.7 Å². The minimum atomic E-state index is -0.757. The maximum absolute atomic E-state index is 11.1. The first-order valence-corrected chi connectivity index (χ1v) is 6.23. The molecule has 1 aliphatic carbocycles. The average Bonchev–Trinajstić information content (AvgIpc) is 2.30. The van der Waals surface area contributed by atoms with Crippen LogP contribution in [0.3, 0.4) is 0 Å². The summed E-state index contributed by atoms with van der Waals surface area (Å²) < 4.78 is 4.84. The zero-order valence-electron chi connectivity index (χ0n) is 12.4. The molecule has 0 aromatic carbocycles. The van der Waals surface area contributed by atoms with Gasteiger partial charge in [-0.3, -0.25) is 4.79 Å². The third kappa shape index (κ3) is 9.72. The van der Waals surface area contributed by atoms with E-state index in [1.54, 1.807) is 20.8 Å². The topological polar surface area (TPSA) is 63.6 Å². The second kappa shape index (κ2) is 10.0. The molecule has 19 heavy (non-hydrogen) atoms. The summed E-state index contributed by atoms with van der Waals surface area (Å²) in [5.74, 6) is -0.931. The number of hydrogen-bond donors (Lipinski definition) is 1. The molecular weight excluding hydrogens is 298 g/mol. The van der Waals surface area contributed by atoms with E-state index in [9.17, 15) is 9.59 Å². The van der Waals surface area contributed by atoms with Crippen molar-refractivity contribution in [2.45, 2.75) is 47.0 Å². The Labute approximate surface area is 128 Å². The zero-order valence-corrected chi connectivity index (χ0v) is 15.3. The van der Waals surface area contributed by atoms with Gasteiger partial charge in [0, 0.05) is 19.5 Å². The molecule has 0 bridgehead atoms. The minimum Gasteiger partial charge on any atom is -0.520 e. The Morgan fingerprint density at radius 2 is 1.95 bits per heavy atom. The number of ether oxygens (including phenoxy) is 1. The molecule has 4 nitrogen and oxygen atoms in total. The molecule has 0 saturated heterocycles. The summed E-state index contributed by atoms with van der Waals surface area (Å²) in [6.45, 7) is 7.27. The summed E-state index contributed by atoms with van der Waals surface area (Å²) in [7, 11) is 0. The van der Waals surface area contributed by atoms with Gasteiger partial charge in [0.25, 0.3) is 0 Å². The Balaban J connectivity index is 0. The number of carbonyl (C=O) groups is 2. The van der Waals surface area contributed by atoms with E-state index in [-0.39, 0.29) is 25.4 Å². The van der Waals surface area contributed by atoms with Crippen LogP contribution in [0.25, 0.3) is 0 Å². The quantitative estimate of drug-likeness (QED) is 0.482. The van der Waals surface area contributed by atoms with Gasteiger partial charge in [-0.2, -0.15) is 12.5 Å². The molecular formula is C14H23O4Zn-. The third-order valence-electron chi connectivity index (χ3n) is 2.29. The third-order valence-corrected chi connectivity index (χ3v) is 2.29. The smallest absolute Gasteiger partial charge is 0.308 e. The van der Waals surface area contributed by atoms with Gasteiger partial charge in [0.05, 0.1) is 12.0 Å². The van der Waals surface area contributed by atoms with Crippen molar-refractivity contribution in [3.8, 4) is 0 Å². The average molecular weight is 321 g/mol. The summed E-state index contributed by atoms with van der Waals surface area (Å²) >= 11 is 0. The van der Waals surface area contributed by atoms with E-state index in [1.807, 2.05) is 19.4 Å². The second-order valence-corrected chi connectivity index (χ2v) is 5.07. The van der Waals surface area contributed by atoms with Crippen LogP contribution in [0.1, 0.15) is 47.0 Å². The van der Waals surface area contributed by atoms with E-state index >= 15 is 0 Å².